The predicted octanol–water partition coefficient (Wildman–Crippen LogP) is 5.10. The Morgan fingerprint density at radius 1 is 1.43 bits per heavy atom. The number of halogens is 2. The van der Waals surface area contributed by atoms with Crippen molar-refractivity contribution in [3.8, 4) is 0 Å². The Labute approximate surface area is 137 Å². The van der Waals surface area contributed by atoms with Crippen molar-refractivity contribution in [1.82, 2.24) is 4.90 Å². The number of hydrogen-bond acceptors (Lipinski definition) is 2. The van der Waals surface area contributed by atoms with E-state index in [1.165, 1.54) is 4.90 Å². The van der Waals surface area contributed by atoms with Gasteiger partial charge in [-0.2, -0.15) is 0 Å². The van der Waals surface area contributed by atoms with Gasteiger partial charge in [-0.3, -0.25) is 4.90 Å². The highest BCUT2D eigenvalue weighted by atomic mass is 19.3. The van der Waals surface area contributed by atoms with E-state index >= 15 is 0 Å². The zero-order chi connectivity index (χ0) is 17.7. The molecule has 23 heavy (non-hydrogen) atoms. The summed E-state index contributed by atoms with van der Waals surface area (Å²) in [7, 11) is 0. The minimum atomic E-state index is -2.93. The number of alkyl halides is 2. The summed E-state index contributed by atoms with van der Waals surface area (Å²) in [5, 5.41) is 0. The van der Waals surface area contributed by atoms with E-state index in [0.717, 1.165) is 0 Å². The van der Waals surface area contributed by atoms with Crippen LogP contribution in [0.15, 0.2) is 36.5 Å². The quantitative estimate of drug-likeness (QED) is 0.672. The SMILES string of the molecule is C=C/C=C(\C=C/C)CC1N(C(=O)OC(C)(C)C)CCCC1(F)F. The van der Waals surface area contributed by atoms with Gasteiger partial charge in [-0.15, -0.1) is 0 Å². The summed E-state index contributed by atoms with van der Waals surface area (Å²) >= 11 is 0. The van der Waals surface area contributed by atoms with Crippen LogP contribution in [0.3, 0.4) is 0 Å². The maximum Gasteiger partial charge on any atom is 0.410 e. The molecule has 0 N–H and O–H groups in total. The summed E-state index contributed by atoms with van der Waals surface area (Å²) in [6.07, 6.45) is 6.25. The molecule has 3 nitrogen and oxygen atoms in total. The smallest absolute Gasteiger partial charge is 0.410 e. The minimum Gasteiger partial charge on any atom is -0.444 e. The average Bonchev–Trinajstić information content (AvgIpc) is 2.39. The molecule has 1 fully saturated rings. The second-order valence-corrected chi connectivity index (χ2v) is 6.74. The van der Waals surface area contributed by atoms with Gasteiger partial charge in [0.2, 0.25) is 0 Å². The molecule has 1 atom stereocenters. The maximum atomic E-state index is 14.4. The van der Waals surface area contributed by atoms with Gasteiger partial charge in [0.25, 0.3) is 5.92 Å². The molecule has 5 heteroatoms. The summed E-state index contributed by atoms with van der Waals surface area (Å²) in [6, 6.07) is -1.20. The number of likely N-dealkylation sites (tertiary alicyclic amines) is 1. The summed E-state index contributed by atoms with van der Waals surface area (Å²) in [5.41, 5.74) is -0.0000683. The first kappa shape index (κ1) is 19.4. The second kappa shape index (κ2) is 7.75. The number of carbonyl (C=O) groups excluding carboxylic acids is 1. The van der Waals surface area contributed by atoms with Crippen LogP contribution in [-0.2, 0) is 4.74 Å². The Bertz CT molecular complexity index is 490. The number of rotatable bonds is 4. The Balaban J connectivity index is 3.05. The number of ether oxygens (including phenoxy) is 1. The molecule has 1 rings (SSSR count). The van der Waals surface area contributed by atoms with E-state index in [2.05, 4.69) is 6.58 Å². The van der Waals surface area contributed by atoms with E-state index in [1.54, 1.807) is 45.1 Å². The van der Waals surface area contributed by atoms with Crippen LogP contribution >= 0.6 is 0 Å². The van der Waals surface area contributed by atoms with Crippen molar-refractivity contribution in [3.05, 3.63) is 36.5 Å². The Morgan fingerprint density at radius 2 is 2.09 bits per heavy atom. The molecule has 1 aliphatic rings. The second-order valence-electron chi connectivity index (χ2n) is 6.74. The summed E-state index contributed by atoms with van der Waals surface area (Å²) < 4.78 is 34.2. The van der Waals surface area contributed by atoms with Crippen molar-refractivity contribution in [3.63, 3.8) is 0 Å². The van der Waals surface area contributed by atoms with Crippen LogP contribution < -0.4 is 0 Å². The van der Waals surface area contributed by atoms with Crippen LogP contribution in [0.5, 0.6) is 0 Å². The lowest BCUT2D eigenvalue weighted by Gasteiger charge is -2.41. The van der Waals surface area contributed by atoms with Gasteiger partial charge >= 0.3 is 6.09 Å². The highest BCUT2D eigenvalue weighted by Crippen LogP contribution is 2.37. The molecule has 0 bridgehead atoms. The van der Waals surface area contributed by atoms with E-state index in [0.29, 0.717) is 5.57 Å². The van der Waals surface area contributed by atoms with Crippen LogP contribution in [0.4, 0.5) is 13.6 Å². The predicted molar refractivity (Wildman–Crippen MR) is 88.6 cm³/mol. The van der Waals surface area contributed by atoms with Gasteiger partial charge in [0.15, 0.2) is 0 Å². The van der Waals surface area contributed by atoms with Gasteiger partial charge in [-0.1, -0.05) is 30.9 Å². The van der Waals surface area contributed by atoms with Gasteiger partial charge in [0.1, 0.15) is 11.6 Å². The van der Waals surface area contributed by atoms with E-state index in [4.69, 9.17) is 4.74 Å². The molecule has 1 saturated heterocycles. The number of nitrogens with zero attached hydrogens (tertiary/aromatic N) is 1. The fraction of sp³-hybridized carbons (Fsp3) is 0.611. The van der Waals surface area contributed by atoms with Crippen LogP contribution in [-0.4, -0.2) is 35.1 Å². The van der Waals surface area contributed by atoms with E-state index in [9.17, 15) is 13.6 Å². The molecule has 0 saturated carbocycles. The Hall–Kier alpha value is -1.65. The lowest BCUT2D eigenvalue weighted by Crippen LogP contribution is -2.55. The highest BCUT2D eigenvalue weighted by Gasteiger charge is 2.48. The molecule has 0 spiro atoms. The standard InChI is InChI=1S/C18H27F2NO2/c1-6-9-14(10-7-2)13-15-18(19,20)11-8-12-21(15)16(22)23-17(3,4)5/h6-7,9-10,15H,1,8,11-13H2,2-5H3/b10-7-,14-9+. The summed E-state index contributed by atoms with van der Waals surface area (Å²) in [4.78, 5) is 13.5. The number of piperidine rings is 1. The van der Waals surface area contributed by atoms with Crippen molar-refractivity contribution in [1.29, 1.82) is 0 Å². The molecule has 130 valence electrons. The zero-order valence-electron chi connectivity index (χ0n) is 14.4. The average molecular weight is 327 g/mol. The maximum absolute atomic E-state index is 14.4. The third-order valence-corrected chi connectivity index (χ3v) is 3.54. The largest absolute Gasteiger partial charge is 0.444 e. The fourth-order valence-corrected chi connectivity index (χ4v) is 2.61. The fourth-order valence-electron chi connectivity index (χ4n) is 2.61. The minimum absolute atomic E-state index is 0.0720. The molecule has 1 unspecified atom stereocenters. The van der Waals surface area contributed by atoms with Crippen LogP contribution in [0, 0.1) is 0 Å². The van der Waals surface area contributed by atoms with Crippen molar-refractivity contribution in [2.45, 2.75) is 64.5 Å². The molecule has 0 aromatic carbocycles. The zero-order valence-corrected chi connectivity index (χ0v) is 14.4. The monoisotopic (exact) mass is 327 g/mol. The topological polar surface area (TPSA) is 29.5 Å². The molecule has 0 aromatic heterocycles. The number of amides is 1. The van der Waals surface area contributed by atoms with Gasteiger partial charge in [-0.05, 0) is 46.1 Å². The van der Waals surface area contributed by atoms with Gasteiger partial charge in [0.05, 0.1) is 0 Å². The highest BCUT2D eigenvalue weighted by molar-refractivity contribution is 5.69. The Morgan fingerprint density at radius 3 is 2.61 bits per heavy atom. The molecular weight excluding hydrogens is 300 g/mol. The first-order valence-electron chi connectivity index (χ1n) is 7.92. The molecule has 1 amide bonds. The van der Waals surface area contributed by atoms with Crippen LogP contribution in [0.1, 0.15) is 47.0 Å². The number of carbonyl (C=O) groups is 1. The first-order chi connectivity index (χ1) is 10.6. The third-order valence-electron chi connectivity index (χ3n) is 3.54. The number of allylic oxidation sites excluding steroid dienone is 4. The molecule has 1 aliphatic heterocycles. The van der Waals surface area contributed by atoms with E-state index < -0.39 is 23.7 Å². The molecule has 0 radical (unpaired) electrons. The number of hydrogen-bond donors (Lipinski definition) is 0. The summed E-state index contributed by atoms with van der Waals surface area (Å²) in [6.45, 7) is 10.9. The van der Waals surface area contributed by atoms with Crippen LogP contribution in [0.25, 0.3) is 0 Å². The van der Waals surface area contributed by atoms with Gasteiger partial charge < -0.3 is 4.74 Å². The first-order valence-corrected chi connectivity index (χ1v) is 7.92. The molecule has 0 aromatic rings. The third kappa shape index (κ3) is 5.81. The molecule has 1 heterocycles. The lowest BCUT2D eigenvalue weighted by molar-refractivity contribution is -0.111. The van der Waals surface area contributed by atoms with Crippen molar-refractivity contribution in [2.24, 2.45) is 0 Å². The van der Waals surface area contributed by atoms with Gasteiger partial charge in [0, 0.05) is 13.0 Å². The van der Waals surface area contributed by atoms with E-state index in [-0.39, 0.29) is 25.8 Å². The summed E-state index contributed by atoms with van der Waals surface area (Å²) in [5.74, 6) is -2.93. The van der Waals surface area contributed by atoms with Crippen molar-refractivity contribution < 1.29 is 18.3 Å². The Kier molecular flexibility index (Phi) is 6.54. The van der Waals surface area contributed by atoms with Crippen molar-refractivity contribution >= 4 is 6.09 Å². The van der Waals surface area contributed by atoms with Crippen molar-refractivity contribution in [2.75, 3.05) is 6.54 Å². The lowest BCUT2D eigenvalue weighted by atomic mass is 9.92. The normalized spacial score (nSPS) is 22.3. The van der Waals surface area contributed by atoms with Crippen LogP contribution in [0.2, 0.25) is 0 Å². The van der Waals surface area contributed by atoms with Gasteiger partial charge in [-0.25, -0.2) is 13.6 Å². The molecular formula is C18H27F2NO2. The van der Waals surface area contributed by atoms with E-state index in [1.807, 2.05) is 6.92 Å². The molecule has 0 aliphatic carbocycles.